The van der Waals surface area contributed by atoms with E-state index in [4.69, 9.17) is 9.84 Å². The van der Waals surface area contributed by atoms with Gasteiger partial charge in [0.1, 0.15) is 0 Å². The van der Waals surface area contributed by atoms with E-state index in [0.29, 0.717) is 12.5 Å². The highest BCUT2D eigenvalue weighted by Gasteiger charge is 2.03. The Labute approximate surface area is 103 Å². The quantitative estimate of drug-likeness (QED) is 0.682. The average Bonchev–Trinajstić information content (AvgIpc) is 2.36. The molecule has 0 saturated carbocycles. The Bertz CT molecular complexity index is 318. The molecule has 96 valence electrons. The van der Waals surface area contributed by atoms with Gasteiger partial charge in [-0.3, -0.25) is 0 Å². The van der Waals surface area contributed by atoms with E-state index in [1.807, 2.05) is 26.0 Å². The van der Waals surface area contributed by atoms with Crippen molar-refractivity contribution in [1.82, 2.24) is 4.98 Å². The van der Waals surface area contributed by atoms with E-state index in [0.717, 1.165) is 31.0 Å². The molecule has 2 N–H and O–H groups in total. The van der Waals surface area contributed by atoms with Gasteiger partial charge in [0.05, 0.1) is 6.61 Å². The molecule has 0 spiro atoms. The van der Waals surface area contributed by atoms with Crippen LogP contribution in [0.2, 0.25) is 0 Å². The van der Waals surface area contributed by atoms with E-state index in [-0.39, 0.29) is 6.61 Å². The van der Waals surface area contributed by atoms with Crippen molar-refractivity contribution < 1.29 is 9.84 Å². The van der Waals surface area contributed by atoms with Gasteiger partial charge in [-0.05, 0) is 37.8 Å². The van der Waals surface area contributed by atoms with Gasteiger partial charge in [0.2, 0.25) is 0 Å². The number of ether oxygens (including phenoxy) is 1. The molecule has 4 nitrogen and oxygen atoms in total. The van der Waals surface area contributed by atoms with Gasteiger partial charge >= 0.3 is 0 Å². The molecule has 0 aliphatic rings. The summed E-state index contributed by atoms with van der Waals surface area (Å²) in [4.78, 5) is 4.25. The van der Waals surface area contributed by atoms with Crippen molar-refractivity contribution in [3.05, 3.63) is 18.3 Å². The lowest BCUT2D eigenvalue weighted by Gasteiger charge is -2.12. The van der Waals surface area contributed by atoms with E-state index in [1.54, 1.807) is 6.20 Å². The summed E-state index contributed by atoms with van der Waals surface area (Å²) in [5.74, 6) is 1.96. The minimum atomic E-state index is 0.258. The van der Waals surface area contributed by atoms with Crippen molar-refractivity contribution in [2.75, 3.05) is 25.1 Å². The number of aliphatic hydroxyl groups is 1. The topological polar surface area (TPSA) is 54.4 Å². The maximum Gasteiger partial charge on any atom is 0.168 e. The highest BCUT2D eigenvalue weighted by atomic mass is 16.5. The van der Waals surface area contributed by atoms with Gasteiger partial charge in [0, 0.05) is 19.3 Å². The second-order valence-electron chi connectivity index (χ2n) is 4.14. The third-order valence-corrected chi connectivity index (χ3v) is 2.55. The first-order valence-electron chi connectivity index (χ1n) is 6.20. The zero-order chi connectivity index (χ0) is 12.5. The summed E-state index contributed by atoms with van der Waals surface area (Å²) in [6.07, 6.45) is 3.78. The predicted molar refractivity (Wildman–Crippen MR) is 69.4 cm³/mol. The van der Waals surface area contributed by atoms with Crippen LogP contribution in [0.15, 0.2) is 18.3 Å². The van der Waals surface area contributed by atoms with Crippen LogP contribution >= 0.6 is 0 Å². The van der Waals surface area contributed by atoms with Crippen molar-refractivity contribution >= 4 is 5.82 Å². The van der Waals surface area contributed by atoms with E-state index in [9.17, 15) is 0 Å². The summed E-state index contributed by atoms with van der Waals surface area (Å²) < 4.78 is 5.47. The molecule has 1 atom stereocenters. The number of aromatic nitrogens is 1. The van der Waals surface area contributed by atoms with Crippen molar-refractivity contribution in [2.45, 2.75) is 26.7 Å². The molecule has 0 aliphatic carbocycles. The lowest BCUT2D eigenvalue weighted by Crippen LogP contribution is -2.08. The first kappa shape index (κ1) is 13.8. The second-order valence-corrected chi connectivity index (χ2v) is 4.14. The Kier molecular flexibility index (Phi) is 6.40. The number of aliphatic hydroxyl groups excluding tert-OH is 1. The summed E-state index contributed by atoms with van der Waals surface area (Å²) in [7, 11) is 0. The maximum atomic E-state index is 8.91. The van der Waals surface area contributed by atoms with Gasteiger partial charge in [-0.25, -0.2) is 4.98 Å². The Morgan fingerprint density at radius 3 is 3.06 bits per heavy atom. The third kappa shape index (κ3) is 5.04. The van der Waals surface area contributed by atoms with Gasteiger partial charge in [-0.1, -0.05) is 6.92 Å². The number of hydrogen-bond donors (Lipinski definition) is 2. The molecule has 4 heteroatoms. The van der Waals surface area contributed by atoms with Crippen LogP contribution in [-0.2, 0) is 0 Å². The van der Waals surface area contributed by atoms with Gasteiger partial charge in [-0.15, -0.1) is 0 Å². The third-order valence-electron chi connectivity index (χ3n) is 2.55. The van der Waals surface area contributed by atoms with Crippen molar-refractivity contribution in [2.24, 2.45) is 5.92 Å². The molecular formula is C13H22N2O2. The van der Waals surface area contributed by atoms with Crippen LogP contribution in [0.4, 0.5) is 5.82 Å². The van der Waals surface area contributed by atoms with Crippen LogP contribution in [0.5, 0.6) is 5.75 Å². The number of hydrogen-bond acceptors (Lipinski definition) is 4. The number of anilines is 1. The standard InChI is InChI=1S/C13H22N2O2/c1-3-17-12-7-5-9-15-13(12)14-8-4-6-11(2)10-16/h5,7,9,11,16H,3-4,6,8,10H2,1-2H3,(H,14,15). The van der Waals surface area contributed by atoms with E-state index >= 15 is 0 Å². The molecule has 0 aromatic carbocycles. The van der Waals surface area contributed by atoms with Crippen molar-refractivity contribution in [3.63, 3.8) is 0 Å². The number of pyridine rings is 1. The summed E-state index contributed by atoms with van der Waals surface area (Å²) in [6, 6.07) is 3.78. The van der Waals surface area contributed by atoms with Crippen LogP contribution in [-0.4, -0.2) is 29.8 Å². The van der Waals surface area contributed by atoms with Crippen LogP contribution in [0.25, 0.3) is 0 Å². The molecule has 17 heavy (non-hydrogen) atoms. The minimum absolute atomic E-state index is 0.258. The fourth-order valence-electron chi connectivity index (χ4n) is 1.54. The van der Waals surface area contributed by atoms with Gasteiger partial charge in [0.25, 0.3) is 0 Å². The number of nitrogens with zero attached hydrogens (tertiary/aromatic N) is 1. The largest absolute Gasteiger partial charge is 0.490 e. The maximum absolute atomic E-state index is 8.91. The first-order chi connectivity index (χ1) is 8.27. The Morgan fingerprint density at radius 2 is 2.35 bits per heavy atom. The smallest absolute Gasteiger partial charge is 0.168 e. The SMILES string of the molecule is CCOc1cccnc1NCCCC(C)CO. The Balaban J connectivity index is 2.35. The second kappa shape index (κ2) is 7.90. The molecule has 1 aromatic heterocycles. The summed E-state index contributed by atoms with van der Waals surface area (Å²) in [5, 5.41) is 12.2. The summed E-state index contributed by atoms with van der Waals surface area (Å²) in [6.45, 7) is 5.75. The van der Waals surface area contributed by atoms with E-state index in [1.165, 1.54) is 0 Å². The fraction of sp³-hybridized carbons (Fsp3) is 0.615. The molecule has 0 radical (unpaired) electrons. The molecule has 0 bridgehead atoms. The Hall–Kier alpha value is -1.29. The highest BCUT2D eigenvalue weighted by molar-refractivity contribution is 5.49. The van der Waals surface area contributed by atoms with Crippen LogP contribution < -0.4 is 10.1 Å². The lowest BCUT2D eigenvalue weighted by atomic mass is 10.1. The minimum Gasteiger partial charge on any atom is -0.490 e. The molecule has 0 aliphatic heterocycles. The average molecular weight is 238 g/mol. The van der Waals surface area contributed by atoms with Crippen LogP contribution in [0.3, 0.4) is 0 Å². The van der Waals surface area contributed by atoms with E-state index < -0.39 is 0 Å². The van der Waals surface area contributed by atoms with Gasteiger partial charge < -0.3 is 15.2 Å². The monoisotopic (exact) mass is 238 g/mol. The molecule has 1 aromatic rings. The first-order valence-corrected chi connectivity index (χ1v) is 6.20. The lowest BCUT2D eigenvalue weighted by molar-refractivity contribution is 0.229. The predicted octanol–water partition coefficient (Wildman–Crippen LogP) is 2.30. The van der Waals surface area contributed by atoms with E-state index in [2.05, 4.69) is 10.3 Å². The number of rotatable bonds is 8. The molecule has 0 fully saturated rings. The molecule has 1 heterocycles. The molecular weight excluding hydrogens is 216 g/mol. The fourth-order valence-corrected chi connectivity index (χ4v) is 1.54. The molecule has 1 rings (SSSR count). The molecule has 0 amide bonds. The highest BCUT2D eigenvalue weighted by Crippen LogP contribution is 2.20. The summed E-state index contributed by atoms with van der Waals surface area (Å²) >= 11 is 0. The normalized spacial score (nSPS) is 12.2. The van der Waals surface area contributed by atoms with Crippen molar-refractivity contribution in [1.29, 1.82) is 0 Å². The van der Waals surface area contributed by atoms with Crippen LogP contribution in [0.1, 0.15) is 26.7 Å². The Morgan fingerprint density at radius 1 is 1.53 bits per heavy atom. The zero-order valence-corrected chi connectivity index (χ0v) is 10.6. The van der Waals surface area contributed by atoms with Crippen LogP contribution in [0, 0.1) is 5.92 Å². The van der Waals surface area contributed by atoms with Crippen molar-refractivity contribution in [3.8, 4) is 5.75 Å². The molecule has 0 saturated heterocycles. The zero-order valence-electron chi connectivity index (χ0n) is 10.6. The van der Waals surface area contributed by atoms with Gasteiger partial charge in [0.15, 0.2) is 11.6 Å². The van der Waals surface area contributed by atoms with Gasteiger partial charge in [-0.2, -0.15) is 0 Å². The number of nitrogens with one attached hydrogen (secondary N) is 1. The molecule has 1 unspecified atom stereocenters. The summed E-state index contributed by atoms with van der Waals surface area (Å²) in [5.41, 5.74) is 0.